The molecule has 0 saturated heterocycles. The summed E-state index contributed by atoms with van der Waals surface area (Å²) in [5.74, 6) is 0. The number of hydrogen-bond donors (Lipinski definition) is 1. The van der Waals surface area contributed by atoms with Gasteiger partial charge in [-0.05, 0) is 24.6 Å². The summed E-state index contributed by atoms with van der Waals surface area (Å²) in [6, 6.07) is 10.1. The fourth-order valence-electron chi connectivity index (χ4n) is 1.10. The summed E-state index contributed by atoms with van der Waals surface area (Å²) in [5, 5.41) is 15.9. The standard InChI is InChI=1S/C11H11N3O2S/c1-9(8-13)17(15,16)14-11-4-2-10(3-5-11)6-7-12/h2-5,9,14H,6H2,1H3. The summed E-state index contributed by atoms with van der Waals surface area (Å²) in [5.41, 5.74) is 1.19. The van der Waals surface area contributed by atoms with Crippen molar-refractivity contribution in [3.63, 3.8) is 0 Å². The molecule has 0 aliphatic heterocycles. The van der Waals surface area contributed by atoms with Crippen molar-refractivity contribution in [3.8, 4) is 12.1 Å². The number of nitrogens with one attached hydrogen (secondary N) is 1. The zero-order chi connectivity index (χ0) is 12.9. The van der Waals surface area contributed by atoms with Gasteiger partial charge >= 0.3 is 0 Å². The van der Waals surface area contributed by atoms with Crippen LogP contribution in [0.4, 0.5) is 5.69 Å². The molecule has 6 heteroatoms. The number of anilines is 1. The van der Waals surface area contributed by atoms with Crippen LogP contribution < -0.4 is 4.72 Å². The van der Waals surface area contributed by atoms with Crippen LogP contribution in [0, 0.1) is 22.7 Å². The monoisotopic (exact) mass is 249 g/mol. The summed E-state index contributed by atoms with van der Waals surface area (Å²) >= 11 is 0. The molecule has 0 radical (unpaired) electrons. The van der Waals surface area contributed by atoms with E-state index < -0.39 is 15.3 Å². The quantitative estimate of drug-likeness (QED) is 0.872. The van der Waals surface area contributed by atoms with Crippen LogP contribution >= 0.6 is 0 Å². The van der Waals surface area contributed by atoms with Crippen LogP contribution in [0.3, 0.4) is 0 Å². The number of rotatable bonds is 4. The van der Waals surface area contributed by atoms with E-state index in [-0.39, 0.29) is 6.42 Å². The molecule has 1 atom stereocenters. The summed E-state index contributed by atoms with van der Waals surface area (Å²) in [4.78, 5) is 0. The summed E-state index contributed by atoms with van der Waals surface area (Å²) < 4.78 is 25.4. The molecule has 0 saturated carbocycles. The SMILES string of the molecule is CC(C#N)S(=O)(=O)Nc1ccc(CC#N)cc1. The van der Waals surface area contributed by atoms with Crippen LogP contribution in [-0.2, 0) is 16.4 Å². The lowest BCUT2D eigenvalue weighted by Crippen LogP contribution is -2.23. The Labute approximate surface area is 100 Å². The van der Waals surface area contributed by atoms with E-state index in [1.54, 1.807) is 30.3 Å². The van der Waals surface area contributed by atoms with Crippen molar-refractivity contribution in [2.45, 2.75) is 18.6 Å². The van der Waals surface area contributed by atoms with Crippen LogP contribution in [0.5, 0.6) is 0 Å². The Kier molecular flexibility index (Phi) is 4.08. The van der Waals surface area contributed by atoms with Gasteiger partial charge in [0.15, 0.2) is 5.25 Å². The van der Waals surface area contributed by atoms with Crippen LogP contribution in [0.25, 0.3) is 0 Å². The number of nitrogens with zero attached hydrogens (tertiary/aromatic N) is 2. The Bertz CT molecular complexity index is 564. The molecule has 0 bridgehead atoms. The van der Waals surface area contributed by atoms with Crippen LogP contribution in [0.1, 0.15) is 12.5 Å². The van der Waals surface area contributed by atoms with E-state index in [0.29, 0.717) is 5.69 Å². The molecule has 1 unspecified atom stereocenters. The predicted molar refractivity (Wildman–Crippen MR) is 63.4 cm³/mol. The summed E-state index contributed by atoms with van der Waals surface area (Å²) in [6.45, 7) is 1.31. The van der Waals surface area contributed by atoms with Crippen molar-refractivity contribution in [1.82, 2.24) is 0 Å². The Morgan fingerprint density at radius 2 is 1.88 bits per heavy atom. The van der Waals surface area contributed by atoms with Crippen molar-refractivity contribution < 1.29 is 8.42 Å². The minimum atomic E-state index is -3.66. The van der Waals surface area contributed by atoms with Gasteiger partial charge in [0, 0.05) is 5.69 Å². The van der Waals surface area contributed by atoms with Gasteiger partial charge in [0.05, 0.1) is 18.6 Å². The Hall–Kier alpha value is -2.05. The molecule has 5 nitrogen and oxygen atoms in total. The first kappa shape index (κ1) is 13.0. The fourth-order valence-corrected chi connectivity index (χ4v) is 1.88. The first-order valence-electron chi connectivity index (χ1n) is 4.86. The normalized spacial score (nSPS) is 12.2. The molecule has 0 fully saturated rings. The van der Waals surface area contributed by atoms with Gasteiger partial charge < -0.3 is 0 Å². The lowest BCUT2D eigenvalue weighted by Gasteiger charge is -2.09. The van der Waals surface area contributed by atoms with E-state index in [2.05, 4.69) is 4.72 Å². The highest BCUT2D eigenvalue weighted by Crippen LogP contribution is 2.13. The first-order chi connectivity index (χ1) is 7.99. The van der Waals surface area contributed by atoms with Gasteiger partial charge in [-0.2, -0.15) is 10.5 Å². The van der Waals surface area contributed by atoms with Gasteiger partial charge in [-0.15, -0.1) is 0 Å². The number of nitriles is 2. The average molecular weight is 249 g/mol. The Morgan fingerprint density at radius 1 is 1.29 bits per heavy atom. The zero-order valence-corrected chi connectivity index (χ0v) is 10.0. The van der Waals surface area contributed by atoms with Gasteiger partial charge in [-0.25, -0.2) is 8.42 Å². The third-order valence-corrected chi connectivity index (χ3v) is 3.70. The molecule has 1 aromatic carbocycles. The highest BCUT2D eigenvalue weighted by molar-refractivity contribution is 7.93. The molecular formula is C11H11N3O2S. The van der Waals surface area contributed by atoms with E-state index in [0.717, 1.165) is 5.56 Å². The maximum absolute atomic E-state index is 11.6. The molecule has 1 N–H and O–H groups in total. The topological polar surface area (TPSA) is 93.8 Å². The summed E-state index contributed by atoms with van der Waals surface area (Å²) in [6.07, 6.45) is 0.279. The first-order valence-corrected chi connectivity index (χ1v) is 6.41. The maximum atomic E-state index is 11.6. The second-order valence-corrected chi connectivity index (χ2v) is 5.45. The molecule has 1 rings (SSSR count). The van der Waals surface area contributed by atoms with Gasteiger partial charge in [0.2, 0.25) is 10.0 Å². The largest absolute Gasteiger partial charge is 0.282 e. The van der Waals surface area contributed by atoms with Gasteiger partial charge in [-0.1, -0.05) is 12.1 Å². The Morgan fingerprint density at radius 3 is 2.35 bits per heavy atom. The van der Waals surface area contributed by atoms with Crippen molar-refractivity contribution >= 4 is 15.7 Å². The van der Waals surface area contributed by atoms with E-state index in [4.69, 9.17) is 10.5 Å². The molecule has 17 heavy (non-hydrogen) atoms. The molecule has 0 amide bonds. The fraction of sp³-hybridized carbons (Fsp3) is 0.273. The second-order valence-electron chi connectivity index (χ2n) is 3.45. The highest BCUT2D eigenvalue weighted by Gasteiger charge is 2.19. The van der Waals surface area contributed by atoms with E-state index in [9.17, 15) is 8.42 Å². The minimum Gasteiger partial charge on any atom is -0.282 e. The smallest absolute Gasteiger partial charge is 0.248 e. The van der Waals surface area contributed by atoms with E-state index >= 15 is 0 Å². The summed E-state index contributed by atoms with van der Waals surface area (Å²) in [7, 11) is -3.66. The molecular weight excluding hydrogens is 238 g/mol. The van der Waals surface area contributed by atoms with Crippen molar-refractivity contribution in [3.05, 3.63) is 29.8 Å². The van der Waals surface area contributed by atoms with E-state index in [1.165, 1.54) is 6.92 Å². The Balaban J connectivity index is 2.84. The molecule has 0 heterocycles. The van der Waals surface area contributed by atoms with Crippen LogP contribution in [0.2, 0.25) is 0 Å². The van der Waals surface area contributed by atoms with Gasteiger partial charge in [-0.3, -0.25) is 4.72 Å². The molecule has 0 spiro atoms. The minimum absolute atomic E-state index is 0.279. The molecule has 0 aliphatic carbocycles. The molecule has 88 valence electrons. The number of benzene rings is 1. The lowest BCUT2D eigenvalue weighted by molar-refractivity contribution is 0.597. The predicted octanol–water partition coefficient (Wildman–Crippen LogP) is 1.41. The van der Waals surface area contributed by atoms with Gasteiger partial charge in [0.25, 0.3) is 0 Å². The van der Waals surface area contributed by atoms with E-state index in [1.807, 2.05) is 6.07 Å². The van der Waals surface area contributed by atoms with Crippen molar-refractivity contribution in [1.29, 1.82) is 10.5 Å². The lowest BCUT2D eigenvalue weighted by atomic mass is 10.1. The maximum Gasteiger partial charge on any atom is 0.248 e. The van der Waals surface area contributed by atoms with Crippen LogP contribution in [0.15, 0.2) is 24.3 Å². The third-order valence-electron chi connectivity index (χ3n) is 2.14. The van der Waals surface area contributed by atoms with Crippen molar-refractivity contribution in [2.75, 3.05) is 4.72 Å². The zero-order valence-electron chi connectivity index (χ0n) is 9.21. The third kappa shape index (κ3) is 3.47. The highest BCUT2D eigenvalue weighted by atomic mass is 32.2. The number of hydrogen-bond acceptors (Lipinski definition) is 4. The van der Waals surface area contributed by atoms with Gasteiger partial charge in [0.1, 0.15) is 0 Å². The molecule has 0 aromatic heterocycles. The molecule has 0 aliphatic rings. The van der Waals surface area contributed by atoms with Crippen LogP contribution in [-0.4, -0.2) is 13.7 Å². The number of sulfonamides is 1. The molecule has 1 aromatic rings. The average Bonchev–Trinajstić information content (AvgIpc) is 2.30. The second kappa shape index (κ2) is 5.33. The van der Waals surface area contributed by atoms with Crippen molar-refractivity contribution in [2.24, 2.45) is 0 Å².